The van der Waals surface area contributed by atoms with Crippen molar-refractivity contribution in [3.8, 4) is 17.6 Å². The molecule has 3 atom stereocenters. The zero-order chi connectivity index (χ0) is 48.1. The van der Waals surface area contributed by atoms with Crippen molar-refractivity contribution in [1.29, 1.82) is 5.26 Å². The van der Waals surface area contributed by atoms with E-state index in [1.54, 1.807) is 74.0 Å². The average Bonchev–Trinajstić information content (AvgIpc) is 4.10. The minimum absolute atomic E-state index is 0.0664. The van der Waals surface area contributed by atoms with Gasteiger partial charge in [0, 0.05) is 93.3 Å². The van der Waals surface area contributed by atoms with Crippen molar-refractivity contribution < 1.29 is 23.9 Å². The first-order chi connectivity index (χ1) is 32.6. The maximum atomic E-state index is 13.5. The number of anilines is 5. The molecule has 358 valence electrons. The lowest BCUT2D eigenvalue weighted by Crippen LogP contribution is -2.74. The Kier molecular flexibility index (Phi) is 12.9. The van der Waals surface area contributed by atoms with E-state index < -0.39 is 10.8 Å². The number of halogens is 1. The quantitative estimate of drug-likeness (QED) is 0.125. The molecule has 3 amide bonds. The maximum absolute atomic E-state index is 13.5. The van der Waals surface area contributed by atoms with Gasteiger partial charge in [0.25, 0.3) is 11.8 Å². The minimum atomic E-state index is -0.396. The lowest BCUT2D eigenvalue weighted by Gasteiger charge is -2.63. The van der Waals surface area contributed by atoms with Gasteiger partial charge >= 0.3 is 0 Å². The number of likely N-dealkylation sites (tertiary alicyclic amines) is 1. The van der Waals surface area contributed by atoms with Crippen LogP contribution in [0.5, 0.6) is 11.5 Å². The average molecular weight is 946 g/mol. The molecule has 0 bridgehead atoms. The van der Waals surface area contributed by atoms with Crippen molar-refractivity contribution in [1.82, 2.24) is 35.5 Å². The fraction of sp³-hybridized carbons (Fsp3) is 0.520. The fourth-order valence-electron chi connectivity index (χ4n) is 11.8. The van der Waals surface area contributed by atoms with Gasteiger partial charge in [-0.2, -0.15) is 10.2 Å². The number of carbonyl (C=O) groups is 3. The van der Waals surface area contributed by atoms with Crippen LogP contribution in [-0.2, 0) is 4.79 Å². The van der Waals surface area contributed by atoms with Gasteiger partial charge in [0.1, 0.15) is 35.4 Å². The van der Waals surface area contributed by atoms with E-state index in [-0.39, 0.29) is 42.0 Å². The van der Waals surface area contributed by atoms with Crippen molar-refractivity contribution in [2.75, 3.05) is 73.4 Å². The number of carbonyl (C=O) groups excluding carboxylic acids is 3. The molecular formula is C50H61ClN12O5. The molecule has 3 aliphatic heterocycles. The van der Waals surface area contributed by atoms with E-state index in [0.29, 0.717) is 81.3 Å². The molecule has 17 nitrogen and oxygen atoms in total. The molecule has 5 aliphatic rings. The number of nitriles is 1. The number of nitrogens with zero attached hydrogens (tertiary/aromatic N) is 9. The van der Waals surface area contributed by atoms with Gasteiger partial charge in [0.15, 0.2) is 5.82 Å². The van der Waals surface area contributed by atoms with Crippen LogP contribution in [-0.4, -0.2) is 120 Å². The third-order valence-electron chi connectivity index (χ3n) is 15.0. The Labute approximate surface area is 402 Å². The van der Waals surface area contributed by atoms with E-state index in [1.165, 1.54) is 0 Å². The Balaban J connectivity index is 0.738. The van der Waals surface area contributed by atoms with Crippen LogP contribution in [0.25, 0.3) is 0 Å². The first kappa shape index (κ1) is 46.8. The molecule has 4 aromatic rings. The topological polar surface area (TPSA) is 194 Å². The van der Waals surface area contributed by atoms with Gasteiger partial charge < -0.3 is 45.0 Å². The number of rotatable bonds is 14. The highest BCUT2D eigenvalue weighted by molar-refractivity contribution is 6.31. The lowest BCUT2D eigenvalue weighted by atomic mass is 9.49. The summed E-state index contributed by atoms with van der Waals surface area (Å²) in [5, 5.41) is 19.2. The summed E-state index contributed by atoms with van der Waals surface area (Å²) in [5.74, 6) is 3.36. The number of amides is 3. The largest absolute Gasteiger partial charge is 0.495 e. The van der Waals surface area contributed by atoms with Crippen LogP contribution >= 0.6 is 11.6 Å². The first-order valence-electron chi connectivity index (χ1n) is 23.7. The van der Waals surface area contributed by atoms with Gasteiger partial charge in [-0.05, 0) is 61.4 Å². The number of methoxy groups -OCH3 is 1. The monoisotopic (exact) mass is 944 g/mol. The number of likely N-dealkylation sites (N-methyl/N-ethyl adjacent to an activating group) is 1. The summed E-state index contributed by atoms with van der Waals surface area (Å²) in [5.41, 5.74) is 1.80. The van der Waals surface area contributed by atoms with E-state index in [2.05, 4.69) is 79.4 Å². The van der Waals surface area contributed by atoms with E-state index >= 15 is 0 Å². The molecule has 9 rings (SSSR count). The van der Waals surface area contributed by atoms with Gasteiger partial charge in [0.05, 0.1) is 35.1 Å². The predicted molar refractivity (Wildman–Crippen MR) is 260 cm³/mol. The van der Waals surface area contributed by atoms with Crippen LogP contribution in [0.1, 0.15) is 93.0 Å². The molecule has 0 spiro atoms. The molecule has 4 fully saturated rings. The molecule has 2 aromatic carbocycles. The van der Waals surface area contributed by atoms with Crippen LogP contribution in [0.2, 0.25) is 5.02 Å². The highest BCUT2D eigenvalue weighted by atomic mass is 35.5. The number of nitrogens with one attached hydrogen (secondary N) is 3. The second-order valence-electron chi connectivity index (χ2n) is 20.1. The van der Waals surface area contributed by atoms with E-state index in [0.717, 1.165) is 64.2 Å². The molecule has 2 saturated carbocycles. The highest BCUT2D eigenvalue weighted by Crippen LogP contribution is 2.55. The molecule has 18 heteroatoms. The lowest BCUT2D eigenvalue weighted by molar-refractivity contribution is -0.164. The molecule has 0 radical (unpaired) electrons. The Morgan fingerprint density at radius 3 is 2.28 bits per heavy atom. The molecule has 68 heavy (non-hydrogen) atoms. The zero-order valence-electron chi connectivity index (χ0n) is 39.9. The normalized spacial score (nSPS) is 23.9. The predicted octanol–water partition coefficient (Wildman–Crippen LogP) is 6.46. The van der Waals surface area contributed by atoms with E-state index in [4.69, 9.17) is 26.1 Å². The summed E-state index contributed by atoms with van der Waals surface area (Å²) < 4.78 is 12.1. The van der Waals surface area contributed by atoms with Crippen molar-refractivity contribution in [3.05, 3.63) is 76.7 Å². The summed E-state index contributed by atoms with van der Waals surface area (Å²) in [4.78, 5) is 67.4. The van der Waals surface area contributed by atoms with Crippen LogP contribution < -0.4 is 40.1 Å². The smallest absolute Gasteiger partial charge is 0.254 e. The Morgan fingerprint density at radius 2 is 1.63 bits per heavy atom. The number of fused-ring (bicyclic) bond motifs is 2. The second-order valence-corrected chi connectivity index (χ2v) is 20.5. The Morgan fingerprint density at radius 1 is 0.926 bits per heavy atom. The van der Waals surface area contributed by atoms with Gasteiger partial charge in [0.2, 0.25) is 17.8 Å². The van der Waals surface area contributed by atoms with E-state index in [1.807, 2.05) is 6.92 Å². The first-order valence-corrected chi connectivity index (χ1v) is 24.1. The van der Waals surface area contributed by atoms with Crippen LogP contribution in [0.4, 0.5) is 29.1 Å². The standard InChI is InChI=1S/C50H61ClN12O5/c1-8-38-44(66)60(6)39-24-54-47(58-41(39)63(38)34-11-9-10-12-34)57-37-16-14-29(19-40(37)67-7)42(64)53-17-18-61-25-32-27-62(28-33(32)26-61)48-55-22-31(23-56-48)43(65)59-45-49(2,3)46(50(45,4)5)68-35-15-13-30(21-52)36(51)20-35/h13-16,19-20,22-24,32-34,38,45-46H,8-12,17-18,25-28H2,1-7H3,(H,53,64)(H,59,65)(H,54,57,58)/t32?,33?,38-,45?,46?/m1/s1. The molecule has 5 heterocycles. The summed E-state index contributed by atoms with van der Waals surface area (Å²) in [6.45, 7) is 15.0. The summed E-state index contributed by atoms with van der Waals surface area (Å²) in [6, 6.07) is 12.2. The zero-order valence-corrected chi connectivity index (χ0v) is 40.6. The van der Waals surface area contributed by atoms with Crippen LogP contribution in [0, 0.1) is 34.0 Å². The molecule has 2 aliphatic carbocycles. The number of hydrogen-bond donors (Lipinski definition) is 3. The number of benzene rings is 2. The minimum Gasteiger partial charge on any atom is -0.495 e. The van der Waals surface area contributed by atoms with Crippen molar-refractivity contribution in [3.63, 3.8) is 0 Å². The van der Waals surface area contributed by atoms with Crippen molar-refractivity contribution >= 4 is 58.4 Å². The fourth-order valence-corrected chi connectivity index (χ4v) is 12.0. The number of ether oxygens (including phenoxy) is 2. The molecule has 3 N–H and O–H groups in total. The molecule has 2 unspecified atom stereocenters. The number of aromatic nitrogens is 4. The molecular weight excluding hydrogens is 884 g/mol. The number of hydrogen-bond acceptors (Lipinski definition) is 14. The van der Waals surface area contributed by atoms with Crippen LogP contribution in [0.3, 0.4) is 0 Å². The van der Waals surface area contributed by atoms with Gasteiger partial charge in [-0.25, -0.2) is 15.0 Å². The van der Waals surface area contributed by atoms with Crippen molar-refractivity contribution in [2.24, 2.45) is 22.7 Å². The summed E-state index contributed by atoms with van der Waals surface area (Å²) >= 11 is 6.26. The summed E-state index contributed by atoms with van der Waals surface area (Å²) in [6.07, 6.45) is 9.73. The summed E-state index contributed by atoms with van der Waals surface area (Å²) in [7, 11) is 3.35. The van der Waals surface area contributed by atoms with Gasteiger partial charge in [-0.1, -0.05) is 59.1 Å². The maximum Gasteiger partial charge on any atom is 0.254 e. The Bertz CT molecular complexity index is 2590. The van der Waals surface area contributed by atoms with Crippen LogP contribution in [0.15, 0.2) is 55.0 Å². The van der Waals surface area contributed by atoms with Gasteiger partial charge in [-0.15, -0.1) is 0 Å². The van der Waals surface area contributed by atoms with Crippen molar-refractivity contribution in [2.45, 2.75) is 91.0 Å². The SMILES string of the molecule is CC[C@@H]1C(=O)N(C)c2cnc(Nc3ccc(C(=O)NCCN4CC5CN(c6ncc(C(=O)NC7C(C)(C)C(Oc8ccc(C#N)c(Cl)c8)C7(C)C)cn6)CC5C4)cc3OC)nc2N1C1CCCC1. The highest BCUT2D eigenvalue weighted by Gasteiger charge is 2.64. The Hall–Kier alpha value is -6.25. The third kappa shape index (κ3) is 8.72. The molecule has 2 aromatic heterocycles. The second kappa shape index (κ2) is 18.7. The van der Waals surface area contributed by atoms with Gasteiger partial charge in [-0.3, -0.25) is 14.4 Å². The molecule has 2 saturated heterocycles. The third-order valence-corrected chi connectivity index (χ3v) is 15.3. The van der Waals surface area contributed by atoms with E-state index in [9.17, 15) is 19.6 Å².